The maximum Gasteiger partial charge on any atom is 0.165 e. The molecule has 2 aromatic rings. The predicted molar refractivity (Wildman–Crippen MR) is 104 cm³/mol. The molecule has 1 heteroatoms. The summed E-state index contributed by atoms with van der Waals surface area (Å²) in [7, 11) is 0. The molecule has 24 heavy (non-hydrogen) atoms. The van der Waals surface area contributed by atoms with E-state index >= 15 is 0 Å². The van der Waals surface area contributed by atoms with E-state index in [1.165, 1.54) is 23.1 Å². The SMILES string of the molecule is CCCCC(CC)C(=O)c1ccc(-c2ccc(CCC)cc2)cc1. The maximum atomic E-state index is 12.6. The van der Waals surface area contributed by atoms with Crippen LogP contribution in [-0.4, -0.2) is 5.78 Å². The third kappa shape index (κ3) is 4.80. The Morgan fingerprint density at radius 3 is 1.92 bits per heavy atom. The number of rotatable bonds is 9. The van der Waals surface area contributed by atoms with E-state index in [0.717, 1.165) is 37.7 Å². The van der Waals surface area contributed by atoms with Crippen molar-refractivity contribution in [2.45, 2.75) is 59.3 Å². The van der Waals surface area contributed by atoms with Crippen molar-refractivity contribution in [3.05, 3.63) is 59.7 Å². The van der Waals surface area contributed by atoms with Crippen LogP contribution in [0.3, 0.4) is 0 Å². The minimum absolute atomic E-state index is 0.170. The highest BCUT2D eigenvalue weighted by atomic mass is 16.1. The fourth-order valence-electron chi connectivity index (χ4n) is 3.19. The summed E-state index contributed by atoms with van der Waals surface area (Å²) in [4.78, 5) is 12.6. The zero-order valence-electron chi connectivity index (χ0n) is 15.3. The molecule has 0 aromatic heterocycles. The standard InChI is InChI=1S/C23H30O/c1-4-7-9-19(6-3)23(24)22-16-14-21(15-17-22)20-12-10-18(8-5-2)11-13-20/h10-17,19H,4-9H2,1-3H3. The van der Waals surface area contributed by atoms with Crippen molar-refractivity contribution in [3.63, 3.8) is 0 Å². The van der Waals surface area contributed by atoms with Crippen molar-refractivity contribution >= 4 is 5.78 Å². The summed E-state index contributed by atoms with van der Waals surface area (Å²) in [6, 6.07) is 16.9. The summed E-state index contributed by atoms with van der Waals surface area (Å²) in [5.41, 5.74) is 4.63. The molecule has 0 aliphatic heterocycles. The van der Waals surface area contributed by atoms with Crippen molar-refractivity contribution in [2.24, 2.45) is 5.92 Å². The van der Waals surface area contributed by atoms with E-state index in [9.17, 15) is 4.79 Å². The Bertz CT molecular complexity index is 622. The van der Waals surface area contributed by atoms with Crippen molar-refractivity contribution in [2.75, 3.05) is 0 Å². The Balaban J connectivity index is 2.10. The fraction of sp³-hybridized carbons (Fsp3) is 0.435. The van der Waals surface area contributed by atoms with Crippen LogP contribution in [0.15, 0.2) is 48.5 Å². The van der Waals surface area contributed by atoms with Gasteiger partial charge in [0.2, 0.25) is 0 Å². The lowest BCUT2D eigenvalue weighted by Gasteiger charge is -2.13. The van der Waals surface area contributed by atoms with Gasteiger partial charge < -0.3 is 0 Å². The number of unbranched alkanes of at least 4 members (excludes halogenated alkanes) is 1. The lowest BCUT2D eigenvalue weighted by molar-refractivity contribution is 0.0908. The van der Waals surface area contributed by atoms with Gasteiger partial charge in [-0.05, 0) is 36.0 Å². The van der Waals surface area contributed by atoms with Crippen LogP contribution in [0.1, 0.15) is 68.8 Å². The summed E-state index contributed by atoms with van der Waals surface area (Å²) in [6.07, 6.45) is 6.52. The summed E-state index contributed by atoms with van der Waals surface area (Å²) in [5, 5.41) is 0. The van der Waals surface area contributed by atoms with Gasteiger partial charge in [0.05, 0.1) is 0 Å². The molecule has 0 aliphatic rings. The molecule has 0 radical (unpaired) electrons. The van der Waals surface area contributed by atoms with Crippen LogP contribution in [-0.2, 0) is 6.42 Å². The highest BCUT2D eigenvalue weighted by Gasteiger charge is 2.17. The average molecular weight is 322 g/mol. The summed E-state index contributed by atoms with van der Waals surface area (Å²) < 4.78 is 0. The van der Waals surface area contributed by atoms with Gasteiger partial charge in [0.1, 0.15) is 0 Å². The second kappa shape index (κ2) is 9.42. The molecule has 128 valence electrons. The molecule has 0 spiro atoms. The molecule has 0 saturated carbocycles. The lowest BCUT2D eigenvalue weighted by Crippen LogP contribution is -2.13. The number of hydrogen-bond donors (Lipinski definition) is 0. The van der Waals surface area contributed by atoms with Crippen LogP contribution < -0.4 is 0 Å². The number of aryl methyl sites for hydroxylation is 1. The molecule has 1 unspecified atom stereocenters. The normalized spacial score (nSPS) is 12.1. The first kappa shape index (κ1) is 18.4. The van der Waals surface area contributed by atoms with E-state index in [0.29, 0.717) is 5.78 Å². The van der Waals surface area contributed by atoms with Gasteiger partial charge in [-0.1, -0.05) is 88.6 Å². The Morgan fingerprint density at radius 1 is 0.833 bits per heavy atom. The minimum atomic E-state index is 0.170. The number of carbonyl (C=O) groups is 1. The van der Waals surface area contributed by atoms with Gasteiger partial charge in [-0.25, -0.2) is 0 Å². The molecular formula is C23H30O. The van der Waals surface area contributed by atoms with Crippen molar-refractivity contribution < 1.29 is 4.79 Å². The van der Waals surface area contributed by atoms with Crippen LogP contribution in [0.2, 0.25) is 0 Å². The number of benzene rings is 2. The van der Waals surface area contributed by atoms with E-state index in [2.05, 4.69) is 57.2 Å². The predicted octanol–water partition coefficient (Wildman–Crippen LogP) is 6.71. The molecule has 0 N–H and O–H groups in total. The minimum Gasteiger partial charge on any atom is -0.294 e. The third-order valence-electron chi connectivity index (χ3n) is 4.77. The number of ketones is 1. The van der Waals surface area contributed by atoms with Crippen LogP contribution >= 0.6 is 0 Å². The molecule has 0 fully saturated rings. The number of Topliss-reactive ketones (excluding diaryl/α,β-unsaturated/α-hetero) is 1. The Morgan fingerprint density at radius 2 is 1.42 bits per heavy atom. The fourth-order valence-corrected chi connectivity index (χ4v) is 3.19. The summed E-state index contributed by atoms with van der Waals surface area (Å²) >= 11 is 0. The van der Waals surface area contributed by atoms with Gasteiger partial charge in [0, 0.05) is 11.5 Å². The largest absolute Gasteiger partial charge is 0.294 e. The summed E-state index contributed by atoms with van der Waals surface area (Å²) in [5.74, 6) is 0.472. The summed E-state index contributed by atoms with van der Waals surface area (Å²) in [6.45, 7) is 6.50. The molecule has 0 amide bonds. The first-order valence-corrected chi connectivity index (χ1v) is 9.43. The Hall–Kier alpha value is -1.89. The topological polar surface area (TPSA) is 17.1 Å². The number of carbonyl (C=O) groups excluding carboxylic acids is 1. The molecular weight excluding hydrogens is 292 g/mol. The van der Waals surface area contributed by atoms with Crippen LogP contribution in [0, 0.1) is 5.92 Å². The van der Waals surface area contributed by atoms with E-state index in [1.807, 2.05) is 12.1 Å². The van der Waals surface area contributed by atoms with Crippen LogP contribution in [0.5, 0.6) is 0 Å². The molecule has 0 aliphatic carbocycles. The Kier molecular flexibility index (Phi) is 7.24. The van der Waals surface area contributed by atoms with Gasteiger partial charge in [0.25, 0.3) is 0 Å². The molecule has 1 atom stereocenters. The van der Waals surface area contributed by atoms with E-state index in [4.69, 9.17) is 0 Å². The zero-order chi connectivity index (χ0) is 17.4. The quantitative estimate of drug-likeness (QED) is 0.469. The van der Waals surface area contributed by atoms with E-state index in [1.54, 1.807) is 0 Å². The Labute approximate surface area is 147 Å². The number of hydrogen-bond acceptors (Lipinski definition) is 1. The molecule has 0 bridgehead atoms. The first-order valence-electron chi connectivity index (χ1n) is 9.43. The van der Waals surface area contributed by atoms with Gasteiger partial charge in [-0.3, -0.25) is 4.79 Å². The van der Waals surface area contributed by atoms with Crippen molar-refractivity contribution in [1.29, 1.82) is 0 Å². The molecule has 2 aromatic carbocycles. The molecule has 1 nitrogen and oxygen atoms in total. The van der Waals surface area contributed by atoms with Crippen LogP contribution in [0.25, 0.3) is 11.1 Å². The van der Waals surface area contributed by atoms with E-state index in [-0.39, 0.29) is 5.92 Å². The molecule has 2 rings (SSSR count). The molecule has 0 heterocycles. The van der Waals surface area contributed by atoms with Crippen molar-refractivity contribution in [1.82, 2.24) is 0 Å². The lowest BCUT2D eigenvalue weighted by atomic mass is 9.90. The highest BCUT2D eigenvalue weighted by molar-refractivity contribution is 5.98. The average Bonchev–Trinajstić information content (AvgIpc) is 2.63. The molecule has 0 saturated heterocycles. The first-order chi connectivity index (χ1) is 11.7. The third-order valence-corrected chi connectivity index (χ3v) is 4.77. The maximum absolute atomic E-state index is 12.6. The van der Waals surface area contributed by atoms with Gasteiger partial charge in [0.15, 0.2) is 5.78 Å². The second-order valence-electron chi connectivity index (χ2n) is 6.64. The van der Waals surface area contributed by atoms with Gasteiger partial charge in [-0.2, -0.15) is 0 Å². The van der Waals surface area contributed by atoms with Crippen LogP contribution in [0.4, 0.5) is 0 Å². The van der Waals surface area contributed by atoms with Crippen molar-refractivity contribution in [3.8, 4) is 11.1 Å². The highest BCUT2D eigenvalue weighted by Crippen LogP contribution is 2.23. The van der Waals surface area contributed by atoms with Gasteiger partial charge in [-0.15, -0.1) is 0 Å². The smallest absolute Gasteiger partial charge is 0.165 e. The monoisotopic (exact) mass is 322 g/mol. The van der Waals surface area contributed by atoms with E-state index < -0.39 is 0 Å². The zero-order valence-corrected chi connectivity index (χ0v) is 15.3. The second-order valence-corrected chi connectivity index (χ2v) is 6.64. The van der Waals surface area contributed by atoms with Gasteiger partial charge >= 0.3 is 0 Å².